The summed E-state index contributed by atoms with van der Waals surface area (Å²) in [6, 6.07) is 5.68. The summed E-state index contributed by atoms with van der Waals surface area (Å²) in [5.41, 5.74) is -1.07. The first-order valence-corrected chi connectivity index (χ1v) is 5.34. The van der Waals surface area contributed by atoms with Gasteiger partial charge in [-0.25, -0.2) is 0 Å². The summed E-state index contributed by atoms with van der Waals surface area (Å²) in [6.45, 7) is 0.0617. The minimum atomic E-state index is -2.99. The van der Waals surface area contributed by atoms with Gasteiger partial charge in [0.15, 0.2) is 0 Å². The average Bonchev–Trinajstić information content (AvgIpc) is 2.25. The lowest BCUT2D eigenvalue weighted by molar-refractivity contribution is -0.0502. The molecule has 0 unspecified atom stereocenters. The third-order valence-corrected chi connectivity index (χ3v) is 2.03. The van der Waals surface area contributed by atoms with Crippen LogP contribution in [0.5, 0.6) is 5.75 Å². The van der Waals surface area contributed by atoms with Gasteiger partial charge in [-0.2, -0.15) is 8.78 Å². The zero-order valence-corrected chi connectivity index (χ0v) is 10.1. The monoisotopic (exact) mass is 259 g/mol. The van der Waals surface area contributed by atoms with E-state index in [1.165, 1.54) is 38.1 Å². The first-order valence-electron chi connectivity index (χ1n) is 5.34. The van der Waals surface area contributed by atoms with Gasteiger partial charge in [0.25, 0.3) is 5.91 Å². The number of halogens is 2. The smallest absolute Gasteiger partial charge is 0.387 e. The number of rotatable bonds is 5. The summed E-state index contributed by atoms with van der Waals surface area (Å²) in [5.74, 6) is -0.769. The number of carbonyl (C=O) groups is 1. The Morgan fingerprint density at radius 1 is 1.44 bits per heavy atom. The number of carbonyl (C=O) groups excluding carboxylic acids is 1. The summed E-state index contributed by atoms with van der Waals surface area (Å²) < 4.78 is 28.5. The molecule has 1 amide bonds. The van der Waals surface area contributed by atoms with Gasteiger partial charge in [-0.1, -0.05) is 12.1 Å². The van der Waals surface area contributed by atoms with Crippen LogP contribution in [0.1, 0.15) is 24.2 Å². The van der Waals surface area contributed by atoms with Gasteiger partial charge in [-0.3, -0.25) is 4.79 Å². The molecule has 1 aromatic rings. The highest BCUT2D eigenvalue weighted by Crippen LogP contribution is 2.20. The molecule has 0 fully saturated rings. The fourth-order valence-corrected chi connectivity index (χ4v) is 1.24. The maximum absolute atomic E-state index is 12.1. The summed E-state index contributed by atoms with van der Waals surface area (Å²) in [6.07, 6.45) is 0. The summed E-state index contributed by atoms with van der Waals surface area (Å²) in [5, 5.41) is 11.9. The van der Waals surface area contributed by atoms with Gasteiger partial charge in [-0.05, 0) is 26.0 Å². The molecular formula is C12H15F2NO3. The van der Waals surface area contributed by atoms with E-state index < -0.39 is 18.1 Å². The normalized spacial score (nSPS) is 11.4. The Bertz CT molecular complexity index is 416. The number of alkyl halides is 2. The average molecular weight is 259 g/mol. The summed E-state index contributed by atoms with van der Waals surface area (Å²) in [7, 11) is 0. The Labute approximate surface area is 104 Å². The molecule has 0 aliphatic heterocycles. The van der Waals surface area contributed by atoms with Gasteiger partial charge >= 0.3 is 6.61 Å². The molecular weight excluding hydrogens is 244 g/mol. The van der Waals surface area contributed by atoms with Crippen molar-refractivity contribution in [2.24, 2.45) is 0 Å². The van der Waals surface area contributed by atoms with E-state index >= 15 is 0 Å². The number of amides is 1. The van der Waals surface area contributed by atoms with Crippen LogP contribution in [0.3, 0.4) is 0 Å². The highest BCUT2D eigenvalue weighted by atomic mass is 19.3. The van der Waals surface area contributed by atoms with Crippen LogP contribution in [0.15, 0.2) is 24.3 Å². The number of nitrogens with one attached hydrogen (secondary N) is 1. The standard InChI is InChI=1S/C12H15F2NO3/c1-12(2,17)7-15-10(16)8-5-3-4-6-9(8)18-11(13)14/h3-6,11,17H,7H2,1-2H3,(H,15,16). The van der Waals surface area contributed by atoms with Gasteiger partial charge in [0.1, 0.15) is 5.75 Å². The zero-order chi connectivity index (χ0) is 13.8. The van der Waals surface area contributed by atoms with Gasteiger partial charge < -0.3 is 15.2 Å². The second kappa shape index (κ2) is 5.77. The third-order valence-electron chi connectivity index (χ3n) is 2.03. The van der Waals surface area contributed by atoms with Crippen LogP contribution in [0.2, 0.25) is 0 Å². The van der Waals surface area contributed by atoms with E-state index in [1.807, 2.05) is 0 Å². The van der Waals surface area contributed by atoms with Crippen LogP contribution in [0.4, 0.5) is 8.78 Å². The molecule has 1 rings (SSSR count). The molecule has 0 spiro atoms. The van der Waals surface area contributed by atoms with Crippen molar-refractivity contribution in [1.82, 2.24) is 5.32 Å². The third kappa shape index (κ3) is 4.67. The molecule has 0 saturated heterocycles. The number of aliphatic hydroxyl groups is 1. The van der Waals surface area contributed by atoms with Crippen molar-refractivity contribution in [1.29, 1.82) is 0 Å². The topological polar surface area (TPSA) is 58.6 Å². The minimum Gasteiger partial charge on any atom is -0.434 e. The van der Waals surface area contributed by atoms with Crippen LogP contribution in [0, 0.1) is 0 Å². The Kier molecular flexibility index (Phi) is 4.61. The summed E-state index contributed by atoms with van der Waals surface area (Å²) >= 11 is 0. The first kappa shape index (κ1) is 14.4. The van der Waals surface area contributed by atoms with Crippen LogP contribution in [0.25, 0.3) is 0 Å². The van der Waals surface area contributed by atoms with Crippen LogP contribution in [-0.4, -0.2) is 29.8 Å². The van der Waals surface area contributed by atoms with Crippen LogP contribution >= 0.6 is 0 Å². The minimum absolute atomic E-state index is 0.00190. The highest BCUT2D eigenvalue weighted by Gasteiger charge is 2.18. The Morgan fingerprint density at radius 2 is 2.06 bits per heavy atom. The van der Waals surface area contributed by atoms with Gasteiger partial charge in [0.05, 0.1) is 11.2 Å². The molecule has 0 heterocycles. The molecule has 0 bridgehead atoms. The highest BCUT2D eigenvalue weighted by molar-refractivity contribution is 5.96. The molecule has 0 aliphatic carbocycles. The number of benzene rings is 1. The molecule has 18 heavy (non-hydrogen) atoms. The van der Waals surface area contributed by atoms with Crippen molar-refractivity contribution in [2.75, 3.05) is 6.54 Å². The molecule has 0 saturated carbocycles. The van der Waals surface area contributed by atoms with Gasteiger partial charge in [0, 0.05) is 6.54 Å². The molecule has 1 aromatic carbocycles. The quantitative estimate of drug-likeness (QED) is 0.847. The molecule has 0 aromatic heterocycles. The van der Waals surface area contributed by atoms with E-state index in [0.717, 1.165) is 0 Å². The zero-order valence-electron chi connectivity index (χ0n) is 10.1. The second-order valence-electron chi connectivity index (χ2n) is 4.37. The lowest BCUT2D eigenvalue weighted by atomic mass is 10.1. The van der Waals surface area contributed by atoms with E-state index in [9.17, 15) is 18.7 Å². The number of hydrogen-bond acceptors (Lipinski definition) is 3. The predicted octanol–water partition coefficient (Wildman–Crippen LogP) is 1.79. The Morgan fingerprint density at radius 3 is 2.61 bits per heavy atom. The van der Waals surface area contributed by atoms with Crippen molar-refractivity contribution in [3.05, 3.63) is 29.8 Å². The van der Waals surface area contributed by atoms with Crippen molar-refractivity contribution in [2.45, 2.75) is 26.1 Å². The van der Waals surface area contributed by atoms with E-state index in [1.54, 1.807) is 0 Å². The van der Waals surface area contributed by atoms with E-state index in [4.69, 9.17) is 0 Å². The predicted molar refractivity (Wildman–Crippen MR) is 61.7 cm³/mol. The maximum Gasteiger partial charge on any atom is 0.387 e. The molecule has 4 nitrogen and oxygen atoms in total. The second-order valence-corrected chi connectivity index (χ2v) is 4.37. The van der Waals surface area contributed by atoms with E-state index in [0.29, 0.717) is 0 Å². The first-order chi connectivity index (χ1) is 8.29. The molecule has 0 atom stereocenters. The fraction of sp³-hybridized carbons (Fsp3) is 0.417. The molecule has 100 valence electrons. The van der Waals surface area contributed by atoms with Crippen molar-refractivity contribution >= 4 is 5.91 Å². The van der Waals surface area contributed by atoms with Gasteiger partial charge in [0.2, 0.25) is 0 Å². The SMILES string of the molecule is CC(C)(O)CNC(=O)c1ccccc1OC(F)F. The number of hydrogen-bond donors (Lipinski definition) is 2. The number of ether oxygens (including phenoxy) is 1. The fourth-order valence-electron chi connectivity index (χ4n) is 1.24. The Balaban J connectivity index is 2.79. The lowest BCUT2D eigenvalue weighted by Gasteiger charge is -2.18. The van der Waals surface area contributed by atoms with Crippen molar-refractivity contribution in [3.8, 4) is 5.75 Å². The van der Waals surface area contributed by atoms with Crippen molar-refractivity contribution < 1.29 is 23.4 Å². The van der Waals surface area contributed by atoms with Crippen LogP contribution < -0.4 is 10.1 Å². The van der Waals surface area contributed by atoms with Crippen LogP contribution in [-0.2, 0) is 0 Å². The van der Waals surface area contributed by atoms with Crippen molar-refractivity contribution in [3.63, 3.8) is 0 Å². The van der Waals surface area contributed by atoms with Gasteiger partial charge in [-0.15, -0.1) is 0 Å². The van der Waals surface area contributed by atoms with E-state index in [-0.39, 0.29) is 17.9 Å². The van der Waals surface area contributed by atoms with E-state index in [2.05, 4.69) is 10.1 Å². The molecule has 0 radical (unpaired) electrons. The number of para-hydroxylation sites is 1. The largest absolute Gasteiger partial charge is 0.434 e. The molecule has 2 N–H and O–H groups in total. The molecule has 0 aliphatic rings. The maximum atomic E-state index is 12.1. The Hall–Kier alpha value is -1.69. The lowest BCUT2D eigenvalue weighted by Crippen LogP contribution is -2.38. The summed E-state index contributed by atoms with van der Waals surface area (Å²) in [4.78, 5) is 11.7. The molecule has 6 heteroatoms.